The fourth-order valence-corrected chi connectivity index (χ4v) is 4.06. The van der Waals surface area contributed by atoms with Crippen LogP contribution in [0.2, 0.25) is 5.02 Å². The summed E-state index contributed by atoms with van der Waals surface area (Å²) in [5, 5.41) is 9.54. The number of nitrogens with one attached hydrogen (secondary N) is 3. The third-order valence-corrected chi connectivity index (χ3v) is 6.01. The topological polar surface area (TPSA) is 100 Å². The number of anilines is 3. The van der Waals surface area contributed by atoms with Crippen molar-refractivity contribution in [2.24, 2.45) is 5.41 Å². The molecular formula is C27H25ClN4O3. The molecule has 1 heterocycles. The van der Waals surface area contributed by atoms with Crippen LogP contribution in [0, 0.1) is 5.41 Å². The van der Waals surface area contributed by atoms with E-state index in [9.17, 15) is 14.4 Å². The van der Waals surface area contributed by atoms with Crippen molar-refractivity contribution in [2.45, 2.75) is 26.4 Å². The molecule has 0 fully saturated rings. The maximum Gasteiger partial charge on any atom is 0.253 e. The van der Waals surface area contributed by atoms with Crippen molar-refractivity contribution < 1.29 is 4.79 Å². The number of benzene rings is 2. The van der Waals surface area contributed by atoms with Gasteiger partial charge in [-0.05, 0) is 42.3 Å². The minimum Gasteiger partial charge on any atom is -0.360 e. The Hall–Kier alpha value is -3.97. The second-order valence-electron chi connectivity index (χ2n) is 8.99. The summed E-state index contributed by atoms with van der Waals surface area (Å²) >= 11 is 6.07. The van der Waals surface area contributed by atoms with Gasteiger partial charge in [0.1, 0.15) is 17.5 Å². The molecular weight excluding hydrogens is 464 g/mol. The predicted octanol–water partition coefficient (Wildman–Crippen LogP) is 4.51. The minimum atomic E-state index is -0.688. The Bertz CT molecular complexity index is 1400. The highest BCUT2D eigenvalue weighted by atomic mass is 35.5. The Kier molecular flexibility index (Phi) is 6.98. The summed E-state index contributed by atoms with van der Waals surface area (Å²) in [5.41, 5.74) is 0.466. The summed E-state index contributed by atoms with van der Waals surface area (Å²) in [6.45, 7) is 3.96. The first kappa shape index (κ1) is 24.2. The maximum atomic E-state index is 13.1. The van der Waals surface area contributed by atoms with Crippen LogP contribution < -0.4 is 26.8 Å². The summed E-state index contributed by atoms with van der Waals surface area (Å²) in [7, 11) is 0. The van der Waals surface area contributed by atoms with Gasteiger partial charge in [0.05, 0.1) is 11.9 Å². The van der Waals surface area contributed by atoms with E-state index in [0.29, 0.717) is 22.7 Å². The van der Waals surface area contributed by atoms with Crippen LogP contribution in [0.4, 0.5) is 17.1 Å². The number of hydrogen-bond acceptors (Lipinski definition) is 6. The fourth-order valence-electron chi connectivity index (χ4n) is 3.87. The molecule has 1 atom stereocenters. The van der Waals surface area contributed by atoms with E-state index in [1.54, 1.807) is 48.8 Å². The first-order valence-electron chi connectivity index (χ1n) is 11.1. The van der Waals surface area contributed by atoms with E-state index < -0.39 is 22.4 Å². The number of hydrogen-bond donors (Lipinski definition) is 3. The Labute approximate surface area is 207 Å². The molecule has 1 unspecified atom stereocenters. The molecule has 4 aromatic rings. The van der Waals surface area contributed by atoms with Gasteiger partial charge < -0.3 is 16.0 Å². The van der Waals surface area contributed by atoms with Gasteiger partial charge in [0.15, 0.2) is 0 Å². The first-order chi connectivity index (χ1) is 16.7. The van der Waals surface area contributed by atoms with Gasteiger partial charge in [-0.15, -0.1) is 0 Å². The van der Waals surface area contributed by atoms with E-state index in [1.807, 2.05) is 44.2 Å². The Balaban J connectivity index is 1.64. The number of carbonyl (C=O) groups excluding carboxylic acids is 1. The highest BCUT2D eigenvalue weighted by molar-refractivity contribution is 6.30. The van der Waals surface area contributed by atoms with Crippen LogP contribution in [-0.4, -0.2) is 17.1 Å². The predicted molar refractivity (Wildman–Crippen MR) is 139 cm³/mol. The molecule has 4 rings (SSSR count). The summed E-state index contributed by atoms with van der Waals surface area (Å²) in [5.74, 6) is -0.355. The standard InChI is InChI=1S/C27H25ClN4O3/c1-27(2,15-17-8-4-3-5-9-17)26(32-25(35)18-10-6-11-19(28)14-18)31-22-21(23(33)24(22)34)30-20-12-7-13-29-16-20/h3-14,16,26,30-31H,15H2,1-2H3,(H,32,35). The lowest BCUT2D eigenvalue weighted by Gasteiger charge is -2.37. The van der Waals surface area contributed by atoms with Gasteiger partial charge >= 0.3 is 0 Å². The van der Waals surface area contributed by atoms with Gasteiger partial charge in [0, 0.05) is 22.2 Å². The average Bonchev–Trinajstić information content (AvgIpc) is 2.86. The molecule has 0 aliphatic heterocycles. The molecule has 1 amide bonds. The van der Waals surface area contributed by atoms with Crippen LogP contribution in [0.1, 0.15) is 29.8 Å². The molecule has 7 nitrogen and oxygen atoms in total. The van der Waals surface area contributed by atoms with Gasteiger partial charge in [-0.1, -0.05) is 61.8 Å². The quantitative estimate of drug-likeness (QED) is 0.237. The molecule has 35 heavy (non-hydrogen) atoms. The number of aromatic nitrogens is 1. The number of nitrogens with zero attached hydrogens (tertiary/aromatic N) is 1. The largest absolute Gasteiger partial charge is 0.360 e. The highest BCUT2D eigenvalue weighted by Crippen LogP contribution is 2.30. The fraction of sp³-hybridized carbons (Fsp3) is 0.185. The molecule has 0 aliphatic carbocycles. The summed E-state index contributed by atoms with van der Waals surface area (Å²) in [4.78, 5) is 42.0. The minimum absolute atomic E-state index is 0.122. The van der Waals surface area contributed by atoms with Gasteiger partial charge in [-0.3, -0.25) is 19.4 Å². The van der Waals surface area contributed by atoms with Crippen molar-refractivity contribution in [2.75, 3.05) is 10.6 Å². The molecule has 3 aromatic carbocycles. The third kappa shape index (κ3) is 5.58. The SMILES string of the molecule is CC(C)(Cc1ccccc1)C(NC(=O)c1cccc(Cl)c1)Nc1c(Nc2cccnc2)c(=O)c1=O. The van der Waals surface area contributed by atoms with E-state index in [1.165, 1.54) is 0 Å². The number of amides is 1. The molecule has 0 aliphatic rings. The summed E-state index contributed by atoms with van der Waals surface area (Å²) in [6, 6.07) is 19.9. The number of pyridine rings is 1. The normalized spacial score (nSPS) is 12.2. The molecule has 8 heteroatoms. The van der Waals surface area contributed by atoms with Crippen molar-refractivity contribution in [3.63, 3.8) is 0 Å². The molecule has 0 radical (unpaired) electrons. The maximum absolute atomic E-state index is 13.1. The van der Waals surface area contributed by atoms with E-state index in [2.05, 4.69) is 20.9 Å². The van der Waals surface area contributed by atoms with Crippen LogP contribution in [-0.2, 0) is 6.42 Å². The first-order valence-corrected chi connectivity index (χ1v) is 11.5. The lowest BCUT2D eigenvalue weighted by atomic mass is 9.82. The van der Waals surface area contributed by atoms with Gasteiger partial charge in [0.25, 0.3) is 16.8 Å². The van der Waals surface area contributed by atoms with Crippen molar-refractivity contribution in [3.8, 4) is 0 Å². The van der Waals surface area contributed by atoms with Crippen molar-refractivity contribution in [1.29, 1.82) is 0 Å². The van der Waals surface area contributed by atoms with Crippen LogP contribution in [0.3, 0.4) is 0 Å². The molecule has 0 saturated carbocycles. The van der Waals surface area contributed by atoms with Gasteiger partial charge in [-0.25, -0.2) is 0 Å². The Morgan fingerprint density at radius 1 is 0.971 bits per heavy atom. The second-order valence-corrected chi connectivity index (χ2v) is 9.42. The van der Waals surface area contributed by atoms with Gasteiger partial charge in [0.2, 0.25) is 0 Å². The van der Waals surface area contributed by atoms with E-state index in [0.717, 1.165) is 5.56 Å². The Morgan fingerprint density at radius 3 is 2.40 bits per heavy atom. The average molecular weight is 489 g/mol. The van der Waals surface area contributed by atoms with Crippen LogP contribution in [0.25, 0.3) is 0 Å². The summed E-state index contributed by atoms with van der Waals surface area (Å²) in [6.07, 6.45) is 3.08. The molecule has 178 valence electrons. The lowest BCUT2D eigenvalue weighted by Crippen LogP contribution is -2.53. The molecule has 3 N–H and O–H groups in total. The van der Waals surface area contributed by atoms with Crippen molar-refractivity contribution in [3.05, 3.63) is 116 Å². The molecule has 0 spiro atoms. The van der Waals surface area contributed by atoms with Crippen molar-refractivity contribution in [1.82, 2.24) is 10.3 Å². The molecule has 0 saturated heterocycles. The van der Waals surface area contributed by atoms with Crippen molar-refractivity contribution >= 4 is 34.6 Å². The lowest BCUT2D eigenvalue weighted by molar-refractivity contribution is 0.0907. The van der Waals surface area contributed by atoms with Crippen LogP contribution in [0.5, 0.6) is 0 Å². The zero-order chi connectivity index (χ0) is 25.0. The molecule has 1 aromatic heterocycles. The number of rotatable bonds is 9. The zero-order valence-corrected chi connectivity index (χ0v) is 20.1. The monoisotopic (exact) mass is 488 g/mol. The van der Waals surface area contributed by atoms with E-state index in [4.69, 9.17) is 11.6 Å². The van der Waals surface area contributed by atoms with Crippen LogP contribution >= 0.6 is 11.6 Å². The van der Waals surface area contributed by atoms with E-state index >= 15 is 0 Å². The van der Waals surface area contributed by atoms with Gasteiger partial charge in [-0.2, -0.15) is 0 Å². The van der Waals surface area contributed by atoms with Crippen LogP contribution in [0.15, 0.2) is 88.7 Å². The van der Waals surface area contributed by atoms with E-state index in [-0.39, 0.29) is 17.3 Å². The highest BCUT2D eigenvalue weighted by Gasteiger charge is 2.34. The third-order valence-electron chi connectivity index (χ3n) is 5.78. The zero-order valence-electron chi connectivity index (χ0n) is 19.3. The Morgan fingerprint density at radius 2 is 1.71 bits per heavy atom. The number of carbonyl (C=O) groups is 1. The molecule has 0 bridgehead atoms. The second kappa shape index (κ2) is 10.1. The summed E-state index contributed by atoms with van der Waals surface area (Å²) < 4.78 is 0. The number of halogens is 1. The smallest absolute Gasteiger partial charge is 0.253 e.